The number of hydrogen-bond donors (Lipinski definition) is 4. The Bertz CT molecular complexity index is 1430. The van der Waals surface area contributed by atoms with Crippen LogP contribution in [-0.4, -0.2) is 80.6 Å². The summed E-state index contributed by atoms with van der Waals surface area (Å²) < 4.78 is 5.29. The van der Waals surface area contributed by atoms with E-state index in [9.17, 15) is 33.9 Å². The number of rotatable bonds is 19. The number of ether oxygens (including phenoxy) is 1. The molecule has 4 atom stereocenters. The SMILES string of the molecule is CC(C)[C@H](N)C(=O)N(C(=O)CCc1ccccc1)[C@@H](CCCC(N)C(=O)OCc1ccccc1)C(=O)NC(CC(=O)O)C(=O)C=[N+]=[N-]. The van der Waals surface area contributed by atoms with Crippen molar-refractivity contribution in [2.24, 2.45) is 17.4 Å². The molecule has 47 heavy (non-hydrogen) atoms. The molecule has 2 aromatic carbocycles. The van der Waals surface area contributed by atoms with Crippen LogP contribution in [0.25, 0.3) is 5.53 Å². The van der Waals surface area contributed by atoms with Crippen LogP contribution in [0, 0.1) is 5.92 Å². The van der Waals surface area contributed by atoms with E-state index < -0.39 is 71.9 Å². The summed E-state index contributed by atoms with van der Waals surface area (Å²) in [5.74, 6) is -6.18. The zero-order valence-corrected chi connectivity index (χ0v) is 26.5. The van der Waals surface area contributed by atoms with E-state index >= 15 is 0 Å². The predicted molar refractivity (Wildman–Crippen MR) is 170 cm³/mol. The molecular formula is C33H42N6O8. The van der Waals surface area contributed by atoms with Crippen LogP contribution in [0.4, 0.5) is 0 Å². The number of hydrogen-bond acceptors (Lipinski definition) is 9. The lowest BCUT2D eigenvalue weighted by molar-refractivity contribution is -0.154. The van der Waals surface area contributed by atoms with Crippen molar-refractivity contribution in [1.82, 2.24) is 10.2 Å². The smallest absolute Gasteiger partial charge is 0.325 e. The van der Waals surface area contributed by atoms with Gasteiger partial charge in [-0.15, -0.1) is 0 Å². The van der Waals surface area contributed by atoms with Crippen LogP contribution in [0.15, 0.2) is 60.7 Å². The predicted octanol–water partition coefficient (Wildman–Crippen LogP) is 1.40. The lowest BCUT2D eigenvalue weighted by Gasteiger charge is -2.33. The minimum Gasteiger partial charge on any atom is -0.481 e. The molecule has 0 heterocycles. The maximum atomic E-state index is 13.8. The lowest BCUT2D eigenvalue weighted by atomic mass is 9.98. The number of aryl methyl sites for hydroxylation is 1. The molecule has 2 unspecified atom stereocenters. The molecule has 0 aliphatic carbocycles. The largest absolute Gasteiger partial charge is 0.481 e. The lowest BCUT2D eigenvalue weighted by Crippen LogP contribution is -2.59. The average molecular weight is 651 g/mol. The number of imide groups is 1. The number of nitrogens with one attached hydrogen (secondary N) is 1. The van der Waals surface area contributed by atoms with Crippen LogP contribution in [0.1, 0.15) is 57.1 Å². The van der Waals surface area contributed by atoms with Crippen molar-refractivity contribution >= 4 is 41.7 Å². The van der Waals surface area contributed by atoms with Crippen LogP contribution in [0.2, 0.25) is 0 Å². The molecular weight excluding hydrogens is 608 g/mol. The van der Waals surface area contributed by atoms with Gasteiger partial charge in [-0.2, -0.15) is 4.79 Å². The summed E-state index contributed by atoms with van der Waals surface area (Å²) in [5, 5.41) is 11.6. The first-order valence-electron chi connectivity index (χ1n) is 15.2. The third-order valence-electron chi connectivity index (χ3n) is 7.34. The van der Waals surface area contributed by atoms with Gasteiger partial charge < -0.3 is 32.2 Å². The van der Waals surface area contributed by atoms with E-state index in [0.717, 1.165) is 16.0 Å². The van der Waals surface area contributed by atoms with E-state index in [1.165, 1.54) is 0 Å². The molecule has 3 amide bonds. The fraction of sp³-hybridized carbons (Fsp3) is 0.424. The van der Waals surface area contributed by atoms with Crippen LogP contribution in [-0.2, 0) is 46.5 Å². The molecule has 2 aromatic rings. The van der Waals surface area contributed by atoms with Crippen molar-refractivity contribution < 1.29 is 43.4 Å². The van der Waals surface area contributed by atoms with Gasteiger partial charge >= 0.3 is 18.2 Å². The Morgan fingerprint density at radius 3 is 2.11 bits per heavy atom. The Kier molecular flexibility index (Phi) is 15.8. The molecule has 0 spiro atoms. The third kappa shape index (κ3) is 12.7. The molecule has 252 valence electrons. The maximum Gasteiger partial charge on any atom is 0.325 e. The summed E-state index contributed by atoms with van der Waals surface area (Å²) in [4.78, 5) is 81.0. The minimum atomic E-state index is -1.68. The van der Waals surface area contributed by atoms with E-state index in [4.69, 9.17) is 21.7 Å². The van der Waals surface area contributed by atoms with Gasteiger partial charge in [0.25, 0.3) is 5.78 Å². The molecule has 2 rings (SSSR count). The highest BCUT2D eigenvalue weighted by Gasteiger charge is 2.39. The molecule has 0 bridgehead atoms. The topological polar surface area (TPSA) is 236 Å². The second-order valence-corrected chi connectivity index (χ2v) is 11.3. The Labute approximate surface area is 273 Å². The highest BCUT2D eigenvalue weighted by Crippen LogP contribution is 2.18. The van der Waals surface area contributed by atoms with Crippen LogP contribution in [0.5, 0.6) is 0 Å². The summed E-state index contributed by atoms with van der Waals surface area (Å²) in [7, 11) is 0. The number of carboxylic acids is 1. The number of nitrogens with two attached hydrogens (primary N) is 2. The quantitative estimate of drug-likeness (QED) is 0.0738. The van der Waals surface area contributed by atoms with Gasteiger partial charge in [0, 0.05) is 6.42 Å². The number of nitrogens with zero attached hydrogens (tertiary/aromatic N) is 3. The second kappa shape index (κ2) is 19.5. The number of esters is 1. The fourth-order valence-corrected chi connectivity index (χ4v) is 4.59. The normalized spacial score (nSPS) is 13.3. The highest BCUT2D eigenvalue weighted by atomic mass is 16.5. The van der Waals surface area contributed by atoms with Crippen molar-refractivity contribution in [3.05, 3.63) is 77.3 Å². The number of Topliss-reactive ketones (excluding diaryl/α,β-unsaturated/α-hetero) is 1. The Morgan fingerprint density at radius 1 is 0.957 bits per heavy atom. The summed E-state index contributed by atoms with van der Waals surface area (Å²) >= 11 is 0. The number of amides is 3. The van der Waals surface area contributed by atoms with Gasteiger partial charge in [0.1, 0.15) is 24.7 Å². The van der Waals surface area contributed by atoms with E-state index in [-0.39, 0.29) is 38.7 Å². The van der Waals surface area contributed by atoms with Crippen LogP contribution in [0.3, 0.4) is 0 Å². The molecule has 0 saturated heterocycles. The van der Waals surface area contributed by atoms with Gasteiger partial charge in [0.2, 0.25) is 17.7 Å². The Balaban J connectivity index is 2.36. The molecule has 0 radical (unpaired) electrons. The van der Waals surface area contributed by atoms with Gasteiger partial charge in [0.05, 0.1) is 12.5 Å². The van der Waals surface area contributed by atoms with Crippen molar-refractivity contribution in [3.63, 3.8) is 0 Å². The summed E-state index contributed by atoms with van der Waals surface area (Å²) in [6.45, 7) is 3.33. The standard InChI is InChI=1S/C33H42N6O8/c1-21(2)30(35)32(45)39(28(41)17-16-22-10-5-3-6-11-22)26(31(44)38-25(18-29(42)43)27(40)19-37-36)15-9-14-24(34)33(46)47-20-23-12-7-4-8-13-23/h3-8,10-13,19,21,24-26,30H,9,14-18,20,34-35H2,1-2H3,(H,38,44)(H,42,43)/t24?,25?,26-,30-/m0/s1. The zero-order chi connectivity index (χ0) is 34.9. The van der Waals surface area contributed by atoms with Crippen molar-refractivity contribution in [2.45, 2.75) is 83.1 Å². The Morgan fingerprint density at radius 2 is 1.55 bits per heavy atom. The first-order chi connectivity index (χ1) is 22.3. The van der Waals surface area contributed by atoms with Gasteiger partial charge in [0.15, 0.2) is 0 Å². The molecule has 0 aromatic heterocycles. The second-order valence-electron chi connectivity index (χ2n) is 11.3. The molecule has 0 fully saturated rings. The third-order valence-corrected chi connectivity index (χ3v) is 7.34. The molecule has 14 nitrogen and oxygen atoms in total. The van der Waals surface area contributed by atoms with E-state index in [1.807, 2.05) is 12.1 Å². The summed E-state index contributed by atoms with van der Waals surface area (Å²) in [5.41, 5.74) is 22.6. The van der Waals surface area contributed by atoms with Gasteiger partial charge in [-0.05, 0) is 42.7 Å². The number of carboxylic acid groups (broad SMARTS) is 1. The summed E-state index contributed by atoms with van der Waals surface area (Å²) in [6.07, 6.45) is -0.537. The van der Waals surface area contributed by atoms with Gasteiger partial charge in [-0.1, -0.05) is 74.5 Å². The number of benzene rings is 2. The monoisotopic (exact) mass is 650 g/mol. The first-order valence-corrected chi connectivity index (χ1v) is 15.2. The van der Waals surface area contributed by atoms with Gasteiger partial charge in [-0.3, -0.25) is 33.7 Å². The van der Waals surface area contributed by atoms with Crippen molar-refractivity contribution in [1.29, 1.82) is 0 Å². The van der Waals surface area contributed by atoms with E-state index in [1.54, 1.807) is 62.4 Å². The molecule has 0 saturated carbocycles. The first kappa shape index (κ1) is 38.1. The van der Waals surface area contributed by atoms with Crippen molar-refractivity contribution in [2.75, 3.05) is 0 Å². The van der Waals surface area contributed by atoms with E-state index in [0.29, 0.717) is 6.21 Å². The van der Waals surface area contributed by atoms with E-state index in [2.05, 4.69) is 10.1 Å². The summed E-state index contributed by atoms with van der Waals surface area (Å²) in [6, 6.07) is 12.4. The van der Waals surface area contributed by atoms with Gasteiger partial charge in [-0.25, -0.2) is 0 Å². The molecule has 6 N–H and O–H groups in total. The maximum absolute atomic E-state index is 13.8. The highest BCUT2D eigenvalue weighted by molar-refractivity contribution is 6.28. The molecule has 0 aliphatic heterocycles. The number of aliphatic carboxylic acids is 1. The molecule has 14 heteroatoms. The number of ketones is 1. The number of carbonyl (C=O) groups excluding carboxylic acids is 5. The molecule has 0 aliphatic rings. The fourth-order valence-electron chi connectivity index (χ4n) is 4.59. The van der Waals surface area contributed by atoms with Crippen molar-refractivity contribution in [3.8, 4) is 0 Å². The zero-order valence-electron chi connectivity index (χ0n) is 26.5. The Hall–Kier alpha value is -5.04. The van der Waals surface area contributed by atoms with Crippen LogP contribution < -0.4 is 16.8 Å². The number of carbonyl (C=O) groups is 6. The van der Waals surface area contributed by atoms with Crippen LogP contribution >= 0.6 is 0 Å². The average Bonchev–Trinajstić information content (AvgIpc) is 3.05. The minimum absolute atomic E-state index is 0.000170.